The van der Waals surface area contributed by atoms with Crippen molar-refractivity contribution in [2.45, 2.75) is 44.4 Å². The fraction of sp³-hybridized carbons (Fsp3) is 0.478. The quantitative estimate of drug-likeness (QED) is 0.220. The molecule has 1 aliphatic carbocycles. The Hall–Kier alpha value is -3.00. The molecule has 0 fully saturated rings. The van der Waals surface area contributed by atoms with Gasteiger partial charge in [-0.3, -0.25) is 0 Å². The Balaban J connectivity index is 1.99. The van der Waals surface area contributed by atoms with Gasteiger partial charge in [0.25, 0.3) is 0 Å². The van der Waals surface area contributed by atoms with E-state index in [1.807, 2.05) is 30.0 Å². The summed E-state index contributed by atoms with van der Waals surface area (Å²) in [6, 6.07) is 3.82. The Labute approximate surface area is 182 Å². The second kappa shape index (κ2) is 9.87. The average Bonchev–Trinajstić information content (AvgIpc) is 3.15. The van der Waals surface area contributed by atoms with Gasteiger partial charge < -0.3 is 29.0 Å². The number of carbonyl (C=O) groups is 2. The number of rotatable bonds is 8. The maximum Gasteiger partial charge on any atom is 0.346 e. The molecule has 1 aromatic rings. The van der Waals surface area contributed by atoms with Gasteiger partial charge in [-0.25, -0.2) is 9.59 Å². The first-order valence-electron chi connectivity index (χ1n) is 10.3. The predicted molar refractivity (Wildman–Crippen MR) is 113 cm³/mol. The summed E-state index contributed by atoms with van der Waals surface area (Å²) in [5.41, 5.74) is 1.82. The normalized spacial score (nSPS) is 20.7. The lowest BCUT2D eigenvalue weighted by molar-refractivity contribution is -0.144. The molecule has 8 heteroatoms. The van der Waals surface area contributed by atoms with E-state index in [2.05, 4.69) is 0 Å². The van der Waals surface area contributed by atoms with Crippen molar-refractivity contribution < 1.29 is 33.6 Å². The van der Waals surface area contributed by atoms with E-state index < -0.39 is 18.0 Å². The Kier molecular flexibility index (Phi) is 7.22. The van der Waals surface area contributed by atoms with Gasteiger partial charge in [0.1, 0.15) is 6.10 Å². The second-order valence-electron chi connectivity index (χ2n) is 7.54. The van der Waals surface area contributed by atoms with Crippen LogP contribution in [0, 0.1) is 0 Å². The zero-order valence-corrected chi connectivity index (χ0v) is 18.3. The summed E-state index contributed by atoms with van der Waals surface area (Å²) in [5.74, 6) is -0.188. The molecule has 31 heavy (non-hydrogen) atoms. The van der Waals surface area contributed by atoms with E-state index >= 15 is 0 Å². The molecule has 0 bridgehead atoms. The van der Waals surface area contributed by atoms with Gasteiger partial charge in [0.15, 0.2) is 17.1 Å². The molecule has 3 rings (SSSR count). The molecule has 0 saturated carbocycles. The maximum atomic E-state index is 12.1. The van der Waals surface area contributed by atoms with Crippen LogP contribution in [0.3, 0.4) is 0 Å². The van der Waals surface area contributed by atoms with Crippen LogP contribution in [0.5, 0.6) is 11.5 Å². The Morgan fingerprint density at radius 2 is 1.90 bits per heavy atom. The van der Waals surface area contributed by atoms with Crippen LogP contribution in [-0.2, 0) is 25.6 Å². The lowest BCUT2D eigenvalue weighted by Gasteiger charge is -2.25. The highest BCUT2D eigenvalue weighted by Gasteiger charge is 2.39. The minimum absolute atomic E-state index is 0.00311. The molecule has 1 aliphatic heterocycles. The molecule has 168 valence electrons. The summed E-state index contributed by atoms with van der Waals surface area (Å²) in [4.78, 5) is 26.1. The molecule has 0 aromatic heterocycles. The fourth-order valence-electron chi connectivity index (χ4n) is 4.08. The first kappa shape index (κ1) is 22.7. The number of esters is 2. The lowest BCUT2D eigenvalue weighted by atomic mass is 9.85. The van der Waals surface area contributed by atoms with Crippen molar-refractivity contribution in [1.82, 2.24) is 4.90 Å². The van der Waals surface area contributed by atoms with Crippen LogP contribution in [0.1, 0.15) is 36.8 Å². The molecule has 8 nitrogen and oxygen atoms in total. The van der Waals surface area contributed by atoms with Crippen LogP contribution in [0.4, 0.5) is 0 Å². The summed E-state index contributed by atoms with van der Waals surface area (Å²) < 4.78 is 21.1. The van der Waals surface area contributed by atoms with Crippen LogP contribution in [0.2, 0.25) is 0 Å². The smallest absolute Gasteiger partial charge is 0.346 e. The molecular formula is C23H29NO7. The van der Waals surface area contributed by atoms with Gasteiger partial charge in [0, 0.05) is 37.2 Å². The summed E-state index contributed by atoms with van der Waals surface area (Å²) in [5, 5.41) is 9.99. The van der Waals surface area contributed by atoms with Crippen molar-refractivity contribution in [3.8, 4) is 11.5 Å². The van der Waals surface area contributed by atoms with Crippen molar-refractivity contribution in [3.05, 3.63) is 47.2 Å². The number of aliphatic hydroxyl groups is 1. The maximum absolute atomic E-state index is 12.1. The standard InChI is InChI=1S/C23H29NO7/c1-5-10-24(13-17(22(26)29-3)23(27)30-4)12-14-6-9-18(28-2)21-20(14)16-8-7-15(25)11-19(16)31-21/h6-9,13,15-16,19,25H,5,10-12H2,1-4H3/t15-,16?,19?/m0/s1. The predicted octanol–water partition coefficient (Wildman–Crippen LogP) is 2.30. The van der Waals surface area contributed by atoms with Crippen LogP contribution >= 0.6 is 0 Å². The largest absolute Gasteiger partial charge is 0.493 e. The monoisotopic (exact) mass is 431 g/mol. The Morgan fingerprint density at radius 1 is 1.19 bits per heavy atom. The number of hydrogen-bond donors (Lipinski definition) is 1. The molecule has 0 amide bonds. The first-order valence-corrected chi connectivity index (χ1v) is 10.3. The number of aliphatic hydroxyl groups excluding tert-OH is 1. The lowest BCUT2D eigenvalue weighted by Crippen LogP contribution is -2.27. The van der Waals surface area contributed by atoms with Gasteiger partial charge in [-0.05, 0) is 18.1 Å². The van der Waals surface area contributed by atoms with Gasteiger partial charge in [-0.1, -0.05) is 25.1 Å². The summed E-state index contributed by atoms with van der Waals surface area (Å²) in [7, 11) is 4.04. The van der Waals surface area contributed by atoms with Gasteiger partial charge in [0.2, 0.25) is 0 Å². The SMILES string of the molecule is CCCN(C=C(C(=O)OC)C(=O)OC)Cc1ccc(OC)c2c1C1C=C[C@H](O)CC1O2. The third kappa shape index (κ3) is 4.69. The topological polar surface area (TPSA) is 94.5 Å². The third-order valence-electron chi connectivity index (χ3n) is 5.49. The van der Waals surface area contributed by atoms with Crippen LogP contribution in [-0.4, -0.2) is 62.0 Å². The molecule has 1 aromatic carbocycles. The number of carbonyl (C=O) groups excluding carboxylic acids is 2. The number of fused-ring (bicyclic) bond motifs is 3. The molecular weight excluding hydrogens is 402 g/mol. The summed E-state index contributed by atoms with van der Waals surface area (Å²) in [6.07, 6.45) is 5.87. The zero-order valence-electron chi connectivity index (χ0n) is 18.3. The molecule has 2 aliphatic rings. The van der Waals surface area contributed by atoms with E-state index in [0.717, 1.165) is 17.5 Å². The van der Waals surface area contributed by atoms with E-state index in [9.17, 15) is 14.7 Å². The first-order chi connectivity index (χ1) is 14.9. The van der Waals surface area contributed by atoms with Gasteiger partial charge in [-0.15, -0.1) is 0 Å². The Bertz CT molecular complexity index is 874. The zero-order chi connectivity index (χ0) is 22.5. The number of hydrogen-bond acceptors (Lipinski definition) is 8. The fourth-order valence-corrected chi connectivity index (χ4v) is 4.08. The van der Waals surface area contributed by atoms with E-state index in [-0.39, 0.29) is 17.6 Å². The van der Waals surface area contributed by atoms with Gasteiger partial charge in [0.05, 0.1) is 27.4 Å². The second-order valence-corrected chi connectivity index (χ2v) is 7.54. The van der Waals surface area contributed by atoms with E-state index in [1.54, 1.807) is 13.2 Å². The Morgan fingerprint density at radius 3 is 2.52 bits per heavy atom. The van der Waals surface area contributed by atoms with Crippen LogP contribution < -0.4 is 9.47 Å². The van der Waals surface area contributed by atoms with Crippen molar-refractivity contribution >= 4 is 11.9 Å². The minimum Gasteiger partial charge on any atom is -0.493 e. The molecule has 1 heterocycles. The van der Waals surface area contributed by atoms with E-state index in [4.69, 9.17) is 18.9 Å². The number of ether oxygens (including phenoxy) is 4. The van der Waals surface area contributed by atoms with Crippen molar-refractivity contribution in [1.29, 1.82) is 0 Å². The number of benzene rings is 1. The van der Waals surface area contributed by atoms with Crippen molar-refractivity contribution in [2.75, 3.05) is 27.9 Å². The average molecular weight is 431 g/mol. The molecule has 2 unspecified atom stereocenters. The highest BCUT2D eigenvalue weighted by atomic mass is 16.5. The van der Waals surface area contributed by atoms with Gasteiger partial charge >= 0.3 is 11.9 Å². The van der Waals surface area contributed by atoms with Gasteiger partial charge in [-0.2, -0.15) is 0 Å². The minimum atomic E-state index is -0.750. The van der Waals surface area contributed by atoms with Crippen molar-refractivity contribution in [2.24, 2.45) is 0 Å². The van der Waals surface area contributed by atoms with Crippen LogP contribution in [0.25, 0.3) is 0 Å². The molecule has 3 atom stereocenters. The van der Waals surface area contributed by atoms with E-state index in [1.165, 1.54) is 20.4 Å². The molecule has 1 N–H and O–H groups in total. The highest BCUT2D eigenvalue weighted by molar-refractivity contribution is 6.13. The number of methoxy groups -OCH3 is 3. The third-order valence-corrected chi connectivity index (χ3v) is 5.49. The number of nitrogens with zero attached hydrogens (tertiary/aromatic N) is 1. The summed E-state index contributed by atoms with van der Waals surface area (Å²) in [6.45, 7) is 3.07. The summed E-state index contributed by atoms with van der Waals surface area (Å²) >= 11 is 0. The van der Waals surface area contributed by atoms with Crippen molar-refractivity contribution in [3.63, 3.8) is 0 Å². The van der Waals surface area contributed by atoms with E-state index in [0.29, 0.717) is 31.0 Å². The molecule has 0 saturated heterocycles. The highest BCUT2D eigenvalue weighted by Crippen LogP contribution is 2.49. The van der Waals surface area contributed by atoms with Crippen LogP contribution in [0.15, 0.2) is 36.1 Å². The molecule has 0 radical (unpaired) electrons. The molecule has 0 spiro atoms.